The third-order valence-corrected chi connectivity index (χ3v) is 6.50. The minimum absolute atomic E-state index is 0.145. The number of methoxy groups -OCH3 is 1. The maximum absolute atomic E-state index is 12.8. The van der Waals surface area contributed by atoms with E-state index in [1.807, 2.05) is 30.0 Å². The normalized spacial score (nSPS) is 18.2. The van der Waals surface area contributed by atoms with Crippen molar-refractivity contribution >= 4 is 11.7 Å². The number of ether oxygens (including phenoxy) is 1. The van der Waals surface area contributed by atoms with Gasteiger partial charge in [0.15, 0.2) is 0 Å². The number of allylic oxidation sites excluding steroid dienone is 2. The average molecular weight is 435 g/mol. The molecule has 2 aliphatic rings. The molecule has 4 rings (SSSR count). The van der Waals surface area contributed by atoms with Gasteiger partial charge in [-0.1, -0.05) is 24.3 Å². The van der Waals surface area contributed by atoms with Gasteiger partial charge < -0.3 is 4.74 Å². The van der Waals surface area contributed by atoms with E-state index in [4.69, 9.17) is 14.7 Å². The van der Waals surface area contributed by atoms with Crippen LogP contribution in [0.25, 0.3) is 0 Å². The van der Waals surface area contributed by atoms with E-state index in [0.717, 1.165) is 60.0 Å². The fourth-order valence-corrected chi connectivity index (χ4v) is 4.78. The van der Waals surface area contributed by atoms with Crippen molar-refractivity contribution in [3.8, 4) is 5.75 Å². The number of hydrogen-bond donors (Lipinski definition) is 0. The summed E-state index contributed by atoms with van der Waals surface area (Å²) in [7, 11) is 3.81. The Labute approximate surface area is 191 Å². The summed E-state index contributed by atoms with van der Waals surface area (Å²) in [5.74, 6) is 3.29. The second-order valence-electron chi connectivity index (χ2n) is 9.02. The smallest absolute Gasteiger partial charge is 0.228 e. The maximum Gasteiger partial charge on any atom is 0.228 e. The number of carbonyl (C=O) groups excluding carboxylic acids is 1. The summed E-state index contributed by atoms with van der Waals surface area (Å²) >= 11 is 0. The highest BCUT2D eigenvalue weighted by atomic mass is 16.5. The third kappa shape index (κ3) is 5.36. The van der Waals surface area contributed by atoms with Gasteiger partial charge in [0, 0.05) is 30.8 Å². The first-order valence-corrected chi connectivity index (χ1v) is 11.7. The third-order valence-electron chi connectivity index (χ3n) is 6.50. The summed E-state index contributed by atoms with van der Waals surface area (Å²) < 4.78 is 5.34. The summed E-state index contributed by atoms with van der Waals surface area (Å²) in [4.78, 5) is 26.7. The fourth-order valence-electron chi connectivity index (χ4n) is 4.78. The van der Waals surface area contributed by atoms with Crippen LogP contribution in [-0.4, -0.2) is 48.0 Å². The van der Waals surface area contributed by atoms with Gasteiger partial charge in [-0.05, 0) is 69.7 Å². The van der Waals surface area contributed by atoms with E-state index in [-0.39, 0.29) is 5.91 Å². The van der Waals surface area contributed by atoms with Crippen LogP contribution in [0.5, 0.6) is 5.75 Å². The second kappa shape index (κ2) is 10.3. The number of fused-ring (bicyclic) bond motifs is 1. The van der Waals surface area contributed by atoms with Crippen molar-refractivity contribution in [3.05, 3.63) is 59.1 Å². The number of amides is 1. The molecule has 1 aliphatic carbocycles. The lowest BCUT2D eigenvalue weighted by molar-refractivity contribution is -0.118. The van der Waals surface area contributed by atoms with Crippen molar-refractivity contribution < 1.29 is 9.53 Å². The largest absolute Gasteiger partial charge is 0.497 e. The van der Waals surface area contributed by atoms with Crippen LogP contribution >= 0.6 is 0 Å². The number of benzene rings is 1. The Bertz CT molecular complexity index is 988. The van der Waals surface area contributed by atoms with Crippen molar-refractivity contribution in [2.75, 3.05) is 32.1 Å². The zero-order valence-corrected chi connectivity index (χ0v) is 19.5. The van der Waals surface area contributed by atoms with Crippen molar-refractivity contribution in [3.63, 3.8) is 0 Å². The Balaban J connectivity index is 1.49. The molecule has 0 bridgehead atoms. The molecule has 1 amide bonds. The second-order valence-corrected chi connectivity index (χ2v) is 9.02. The maximum atomic E-state index is 12.8. The average Bonchev–Trinajstić information content (AvgIpc) is 2.79. The van der Waals surface area contributed by atoms with E-state index in [2.05, 4.69) is 30.2 Å². The minimum Gasteiger partial charge on any atom is -0.497 e. The van der Waals surface area contributed by atoms with Crippen LogP contribution in [0.4, 0.5) is 5.82 Å². The number of aryl methyl sites for hydroxylation is 1. The first kappa shape index (κ1) is 22.5. The van der Waals surface area contributed by atoms with E-state index in [9.17, 15) is 4.79 Å². The molecule has 0 spiro atoms. The van der Waals surface area contributed by atoms with Gasteiger partial charge in [0.1, 0.15) is 17.4 Å². The van der Waals surface area contributed by atoms with Crippen LogP contribution in [0.2, 0.25) is 0 Å². The molecule has 0 unspecified atom stereocenters. The Morgan fingerprint density at radius 1 is 1.22 bits per heavy atom. The lowest BCUT2D eigenvalue weighted by Crippen LogP contribution is -2.38. The van der Waals surface area contributed by atoms with Gasteiger partial charge in [-0.2, -0.15) is 0 Å². The molecular weight excluding hydrogens is 400 g/mol. The molecule has 2 heterocycles. The van der Waals surface area contributed by atoms with E-state index < -0.39 is 0 Å². The Morgan fingerprint density at radius 2 is 2.09 bits per heavy atom. The molecule has 2 aromatic rings. The molecule has 6 nitrogen and oxygen atoms in total. The van der Waals surface area contributed by atoms with Gasteiger partial charge in [-0.25, -0.2) is 9.97 Å². The van der Waals surface area contributed by atoms with Crippen LogP contribution in [0, 0.1) is 12.8 Å². The monoisotopic (exact) mass is 434 g/mol. The molecule has 1 atom stereocenters. The molecule has 0 saturated heterocycles. The summed E-state index contributed by atoms with van der Waals surface area (Å²) in [5.41, 5.74) is 3.26. The van der Waals surface area contributed by atoms with E-state index >= 15 is 0 Å². The molecular formula is C26H34N4O2. The molecule has 0 fully saturated rings. The number of aromatic nitrogens is 2. The van der Waals surface area contributed by atoms with Gasteiger partial charge in [-0.3, -0.25) is 14.6 Å². The first-order chi connectivity index (χ1) is 15.5. The van der Waals surface area contributed by atoms with Gasteiger partial charge in [0.05, 0.1) is 13.7 Å². The van der Waals surface area contributed by atoms with Crippen molar-refractivity contribution in [1.82, 2.24) is 14.9 Å². The molecule has 1 aromatic carbocycles. The fraction of sp³-hybridized carbons (Fsp3) is 0.500. The number of nitrogens with zero attached hydrogens (tertiary/aromatic N) is 4. The topological polar surface area (TPSA) is 58.6 Å². The van der Waals surface area contributed by atoms with Crippen molar-refractivity contribution in [2.24, 2.45) is 5.92 Å². The molecule has 6 heteroatoms. The quantitative estimate of drug-likeness (QED) is 0.586. The standard InChI is InChI=1S/C26H34N4O2/c1-19-23-12-13-25(31)30(15-14-20-10-7-11-22(16-20)32-3)26(23)28-24(27-19)18-29(2)17-21-8-5-4-6-9-21/h4-5,7,10-11,16,21H,6,8-9,12-15,17-18H2,1-3H3/t21-/m1/s1. The Hall–Kier alpha value is -2.73. The molecule has 170 valence electrons. The van der Waals surface area contributed by atoms with Crippen LogP contribution < -0.4 is 9.64 Å². The molecule has 1 aliphatic heterocycles. The van der Waals surface area contributed by atoms with Crippen LogP contribution in [-0.2, 0) is 24.2 Å². The zero-order chi connectivity index (χ0) is 22.5. The lowest BCUT2D eigenvalue weighted by Gasteiger charge is -2.30. The minimum atomic E-state index is 0.145. The van der Waals surface area contributed by atoms with Gasteiger partial charge >= 0.3 is 0 Å². The van der Waals surface area contributed by atoms with Crippen molar-refractivity contribution in [2.45, 2.75) is 52.0 Å². The highest BCUT2D eigenvalue weighted by Gasteiger charge is 2.28. The SMILES string of the molecule is COc1cccc(CCN2C(=O)CCc3c(C)nc(CN(C)C[C@@H]4CC=CCC4)nc32)c1. The predicted molar refractivity (Wildman–Crippen MR) is 127 cm³/mol. The zero-order valence-electron chi connectivity index (χ0n) is 19.5. The first-order valence-electron chi connectivity index (χ1n) is 11.7. The van der Waals surface area contributed by atoms with Crippen LogP contribution in [0.1, 0.15) is 48.3 Å². The number of anilines is 1. The molecule has 32 heavy (non-hydrogen) atoms. The van der Waals surface area contributed by atoms with E-state index in [1.54, 1.807) is 7.11 Å². The Morgan fingerprint density at radius 3 is 2.88 bits per heavy atom. The van der Waals surface area contributed by atoms with Gasteiger partial charge in [0.2, 0.25) is 5.91 Å². The molecule has 0 N–H and O–H groups in total. The highest BCUT2D eigenvalue weighted by Crippen LogP contribution is 2.29. The Kier molecular flexibility index (Phi) is 7.20. The van der Waals surface area contributed by atoms with Gasteiger partial charge in [0.25, 0.3) is 0 Å². The van der Waals surface area contributed by atoms with Crippen molar-refractivity contribution in [1.29, 1.82) is 0 Å². The summed E-state index contributed by atoms with van der Waals surface area (Å²) in [5, 5.41) is 0. The summed E-state index contributed by atoms with van der Waals surface area (Å²) in [6.45, 7) is 4.40. The molecule has 1 aromatic heterocycles. The molecule has 0 radical (unpaired) electrons. The van der Waals surface area contributed by atoms with E-state index in [0.29, 0.717) is 25.4 Å². The number of carbonyl (C=O) groups is 1. The summed E-state index contributed by atoms with van der Waals surface area (Å²) in [6.07, 6.45) is 10.2. The predicted octanol–water partition coefficient (Wildman–Crippen LogP) is 4.10. The lowest BCUT2D eigenvalue weighted by atomic mass is 9.94. The highest BCUT2D eigenvalue weighted by molar-refractivity contribution is 5.95. The number of hydrogen-bond acceptors (Lipinski definition) is 5. The van der Waals surface area contributed by atoms with Gasteiger partial charge in [-0.15, -0.1) is 0 Å². The summed E-state index contributed by atoms with van der Waals surface area (Å²) in [6, 6.07) is 8.03. The molecule has 0 saturated carbocycles. The van der Waals surface area contributed by atoms with Crippen LogP contribution in [0.3, 0.4) is 0 Å². The number of rotatable bonds is 8. The van der Waals surface area contributed by atoms with Crippen LogP contribution in [0.15, 0.2) is 36.4 Å². The van der Waals surface area contributed by atoms with E-state index in [1.165, 1.54) is 12.8 Å².